The highest BCUT2D eigenvalue weighted by Crippen LogP contribution is 2.54. The maximum Gasteiger partial charge on any atom is 0.164 e. The van der Waals surface area contributed by atoms with Crippen LogP contribution in [0.1, 0.15) is 25.0 Å². The standard InChI is InChI=1S/C46H31N3.C39H23N3O.C39H23N3S/c1-46(2)38-15-9-8-14-37(38)42-39(46)25-23-30-18-17-29-19-20-33-27-35(22-24-36(33)40(29)41(30)42)45-48-43(31-11-4-3-5-12-31)47-44(49-45)34-21-16-28-10-6-7-13-32(28)26-34;2*1-3-9-26(10-4-1)37-40-38(27-11-5-2-6-12-27)42-39(41-37)29-19-21-30-28(23-29)18-17-24-15-16-25-20-22-33-36(35(25)34(24)30)31-13-7-8-14-32(31)43-33/h3-27H,1-2H3;2*1-23H. The summed E-state index contributed by atoms with van der Waals surface area (Å²) in [5.41, 5.74) is 15.9. The average Bonchev–Trinajstić information content (AvgIpc) is 1.55. The van der Waals surface area contributed by atoms with Gasteiger partial charge in [0.1, 0.15) is 11.2 Å². The van der Waals surface area contributed by atoms with Crippen LogP contribution in [0.5, 0.6) is 0 Å². The Bertz CT molecular complexity index is 9070. The number of para-hydroxylation sites is 1. The molecule has 1 aliphatic rings. The van der Waals surface area contributed by atoms with Gasteiger partial charge in [-0.25, -0.2) is 44.9 Å². The van der Waals surface area contributed by atoms with Crippen LogP contribution in [0.15, 0.2) is 435 Å². The second kappa shape index (κ2) is 32.0. The lowest BCUT2D eigenvalue weighted by atomic mass is 9.81. The summed E-state index contributed by atoms with van der Waals surface area (Å²) >= 11 is 1.87. The third-order valence-electron chi connectivity index (χ3n) is 27.0. The molecular formula is C124H77N9OS. The molecule has 135 heavy (non-hydrogen) atoms. The zero-order valence-electron chi connectivity index (χ0n) is 73.3. The Morgan fingerprint density at radius 2 is 0.504 bits per heavy atom. The van der Waals surface area contributed by atoms with Crippen molar-refractivity contribution in [1.29, 1.82) is 0 Å². The lowest BCUT2D eigenvalue weighted by Gasteiger charge is -2.21. The number of hydrogen-bond donors (Lipinski definition) is 0. The van der Waals surface area contributed by atoms with Gasteiger partial charge in [0, 0.05) is 91.8 Å². The van der Waals surface area contributed by atoms with E-state index in [1.807, 2.05) is 163 Å². The van der Waals surface area contributed by atoms with Crippen LogP contribution in [-0.4, -0.2) is 44.9 Å². The predicted octanol–water partition coefficient (Wildman–Crippen LogP) is 32.7. The summed E-state index contributed by atoms with van der Waals surface area (Å²) in [6.45, 7) is 4.70. The van der Waals surface area contributed by atoms with Crippen LogP contribution in [0.2, 0.25) is 0 Å². The molecule has 11 heteroatoms. The molecule has 28 rings (SSSR count). The first-order chi connectivity index (χ1) is 66.6. The van der Waals surface area contributed by atoms with E-state index in [1.165, 1.54) is 129 Å². The van der Waals surface area contributed by atoms with Crippen LogP contribution in [-0.2, 0) is 5.41 Å². The van der Waals surface area contributed by atoms with Crippen LogP contribution in [0.4, 0.5) is 0 Å². The van der Waals surface area contributed by atoms with E-state index < -0.39 is 0 Å². The van der Waals surface area contributed by atoms with Crippen LogP contribution in [0.25, 0.3) is 263 Å². The van der Waals surface area contributed by atoms with Gasteiger partial charge in [-0.15, -0.1) is 11.3 Å². The molecule has 5 aromatic heterocycles. The van der Waals surface area contributed by atoms with Gasteiger partial charge in [-0.05, 0) is 173 Å². The largest absolute Gasteiger partial charge is 0.456 e. The molecule has 0 bridgehead atoms. The van der Waals surface area contributed by atoms with Crippen molar-refractivity contribution in [1.82, 2.24) is 44.9 Å². The van der Waals surface area contributed by atoms with E-state index in [1.54, 1.807) is 0 Å². The lowest BCUT2D eigenvalue weighted by molar-refractivity contribution is 0.661. The van der Waals surface area contributed by atoms with E-state index in [9.17, 15) is 0 Å². The first kappa shape index (κ1) is 78.5. The second-order valence-corrected chi connectivity index (χ2v) is 36.4. The van der Waals surface area contributed by atoms with Crippen LogP contribution in [0.3, 0.4) is 0 Å². The minimum absolute atomic E-state index is 0.0576. The minimum Gasteiger partial charge on any atom is -0.456 e. The molecule has 5 heterocycles. The lowest BCUT2D eigenvalue weighted by Crippen LogP contribution is -2.14. The van der Waals surface area contributed by atoms with E-state index >= 15 is 0 Å². The molecule has 0 radical (unpaired) electrons. The van der Waals surface area contributed by atoms with Crippen molar-refractivity contribution in [2.75, 3.05) is 0 Å². The zero-order valence-corrected chi connectivity index (χ0v) is 74.1. The van der Waals surface area contributed by atoms with Gasteiger partial charge in [0.2, 0.25) is 0 Å². The summed E-state index contributed by atoms with van der Waals surface area (Å²) in [5, 5.41) is 29.5. The normalized spacial score (nSPS) is 12.3. The molecule has 0 N–H and O–H groups in total. The van der Waals surface area contributed by atoms with Crippen molar-refractivity contribution in [3.63, 3.8) is 0 Å². The summed E-state index contributed by atoms with van der Waals surface area (Å²) in [4.78, 5) is 44.7. The summed E-state index contributed by atoms with van der Waals surface area (Å²) in [6.07, 6.45) is 0. The van der Waals surface area contributed by atoms with Gasteiger partial charge in [0.25, 0.3) is 0 Å². The molecule has 630 valence electrons. The second-order valence-electron chi connectivity index (χ2n) is 35.3. The Labute approximate surface area is 779 Å². The number of nitrogens with zero attached hydrogens (tertiary/aromatic N) is 9. The van der Waals surface area contributed by atoms with Gasteiger partial charge in [-0.3, -0.25) is 0 Å². The van der Waals surface area contributed by atoms with E-state index in [4.69, 9.17) is 49.3 Å². The summed E-state index contributed by atoms with van der Waals surface area (Å²) in [5.74, 6) is 5.95. The maximum atomic E-state index is 6.27. The fourth-order valence-corrected chi connectivity index (χ4v) is 21.6. The van der Waals surface area contributed by atoms with E-state index in [-0.39, 0.29) is 5.41 Å². The van der Waals surface area contributed by atoms with Gasteiger partial charge in [0.05, 0.1) is 0 Å². The number of rotatable bonds is 9. The van der Waals surface area contributed by atoms with Crippen LogP contribution < -0.4 is 0 Å². The van der Waals surface area contributed by atoms with Crippen molar-refractivity contribution in [3.8, 4) is 114 Å². The smallest absolute Gasteiger partial charge is 0.164 e. The summed E-state index contributed by atoms with van der Waals surface area (Å²) in [7, 11) is 0. The van der Waals surface area contributed by atoms with Gasteiger partial charge >= 0.3 is 0 Å². The monoisotopic (exact) mass is 1740 g/mol. The predicted molar refractivity (Wildman–Crippen MR) is 561 cm³/mol. The Kier molecular flexibility index (Phi) is 18.6. The van der Waals surface area contributed by atoms with E-state index in [2.05, 4.69) is 293 Å². The average molecular weight is 1740 g/mol. The number of fused-ring (bicyclic) bond motifs is 28. The van der Waals surface area contributed by atoms with Crippen LogP contribution in [0, 0.1) is 0 Å². The fourth-order valence-electron chi connectivity index (χ4n) is 20.5. The van der Waals surface area contributed by atoms with Gasteiger partial charge in [0.15, 0.2) is 52.4 Å². The Balaban J connectivity index is 0.000000106. The van der Waals surface area contributed by atoms with Gasteiger partial charge in [-0.2, -0.15) is 0 Å². The highest BCUT2D eigenvalue weighted by atomic mass is 32.1. The first-order valence-electron chi connectivity index (χ1n) is 45.6. The van der Waals surface area contributed by atoms with Crippen molar-refractivity contribution >= 4 is 161 Å². The highest BCUT2D eigenvalue weighted by Gasteiger charge is 2.37. The Morgan fingerprint density at radius 1 is 0.185 bits per heavy atom. The van der Waals surface area contributed by atoms with Crippen LogP contribution >= 0.6 is 11.3 Å². The van der Waals surface area contributed by atoms with Crippen molar-refractivity contribution in [2.45, 2.75) is 19.3 Å². The van der Waals surface area contributed by atoms with E-state index in [0.29, 0.717) is 52.4 Å². The molecular weight excluding hydrogens is 1660 g/mol. The Hall–Kier alpha value is -17.5. The van der Waals surface area contributed by atoms with Crippen molar-refractivity contribution < 1.29 is 4.42 Å². The highest BCUT2D eigenvalue weighted by molar-refractivity contribution is 7.26. The molecule has 0 saturated carbocycles. The van der Waals surface area contributed by atoms with Crippen molar-refractivity contribution in [3.05, 3.63) is 442 Å². The number of aromatic nitrogens is 9. The molecule has 0 atom stereocenters. The first-order valence-corrected chi connectivity index (χ1v) is 46.4. The molecule has 0 spiro atoms. The topological polar surface area (TPSA) is 129 Å². The number of hydrogen-bond acceptors (Lipinski definition) is 11. The molecule has 0 fully saturated rings. The molecule has 22 aromatic carbocycles. The molecule has 0 unspecified atom stereocenters. The SMILES string of the molecule is CC1(C)c2ccccc2-c2c1ccc1ccc3ccc4cc(-c5nc(-c6ccccc6)nc(-c6ccc7ccccc7c6)n5)ccc4c3c21.c1ccc(-c2nc(-c3ccccc3)nc(-c3ccc4c(ccc5ccc6ccc7oc8ccccc8c7c6c54)c3)n2)cc1.c1ccc(-c2nc(-c3ccccc3)nc(-c3ccc4c(ccc5ccc6ccc7sc8ccccc8c7c6c54)c3)n2)cc1. The molecule has 27 aromatic rings. The summed E-state index contributed by atoms with van der Waals surface area (Å²) in [6, 6.07) is 151. The van der Waals surface area contributed by atoms with Gasteiger partial charge < -0.3 is 4.42 Å². The molecule has 0 aliphatic heterocycles. The maximum absolute atomic E-state index is 6.27. The molecule has 10 nitrogen and oxygen atoms in total. The van der Waals surface area contributed by atoms with Crippen molar-refractivity contribution in [2.24, 2.45) is 0 Å². The minimum atomic E-state index is -0.0576. The Morgan fingerprint density at radius 3 is 0.970 bits per heavy atom. The number of benzene rings is 22. The molecule has 0 amide bonds. The third kappa shape index (κ3) is 13.6. The quantitative estimate of drug-likeness (QED) is 0.129. The van der Waals surface area contributed by atoms with Gasteiger partial charge in [-0.1, -0.05) is 396 Å². The molecule has 0 saturated heterocycles. The third-order valence-corrected chi connectivity index (χ3v) is 28.1. The zero-order chi connectivity index (χ0) is 89.4. The summed E-state index contributed by atoms with van der Waals surface area (Å²) < 4.78 is 8.91. The van der Waals surface area contributed by atoms with E-state index in [0.717, 1.165) is 93.6 Å². The number of thiophene rings is 1. The number of furan rings is 1. The molecule has 1 aliphatic carbocycles. The fraction of sp³-hybridized carbons (Fsp3) is 0.0242.